The first-order valence-corrected chi connectivity index (χ1v) is 6.25. The van der Waals surface area contributed by atoms with Crippen LogP contribution in [-0.2, 0) is 11.3 Å². The van der Waals surface area contributed by atoms with Crippen LogP contribution in [-0.4, -0.2) is 28.3 Å². The summed E-state index contributed by atoms with van der Waals surface area (Å²) in [6, 6.07) is -0.191. The van der Waals surface area contributed by atoms with E-state index >= 15 is 0 Å². The van der Waals surface area contributed by atoms with Crippen molar-refractivity contribution in [2.45, 2.75) is 44.7 Å². The normalized spacial score (nSPS) is 24.8. The van der Waals surface area contributed by atoms with Crippen molar-refractivity contribution in [2.75, 3.05) is 6.54 Å². The van der Waals surface area contributed by atoms with Crippen LogP contribution in [0.3, 0.4) is 0 Å². The molecule has 2 unspecified atom stereocenters. The van der Waals surface area contributed by atoms with Crippen LogP contribution in [0.2, 0.25) is 0 Å². The van der Waals surface area contributed by atoms with Crippen LogP contribution >= 0.6 is 0 Å². The lowest BCUT2D eigenvalue weighted by molar-refractivity contribution is -0.120. The summed E-state index contributed by atoms with van der Waals surface area (Å²) in [5.41, 5.74) is 6.57. The third kappa shape index (κ3) is 2.85. The molecule has 2 rings (SSSR count). The molecule has 2 atom stereocenters. The Morgan fingerprint density at radius 2 is 2.53 bits per heavy atom. The van der Waals surface area contributed by atoms with E-state index in [9.17, 15) is 4.79 Å². The van der Waals surface area contributed by atoms with Crippen molar-refractivity contribution in [1.29, 1.82) is 0 Å². The van der Waals surface area contributed by atoms with Crippen molar-refractivity contribution < 1.29 is 4.79 Å². The molecule has 17 heavy (non-hydrogen) atoms. The van der Waals surface area contributed by atoms with E-state index in [0.717, 1.165) is 32.4 Å². The van der Waals surface area contributed by atoms with Crippen LogP contribution < -0.4 is 11.1 Å². The summed E-state index contributed by atoms with van der Waals surface area (Å²) in [4.78, 5) is 11.2. The number of nitrogens with two attached hydrogens (primary N) is 1. The smallest absolute Gasteiger partial charge is 0.234 e. The molecule has 1 aliphatic rings. The number of carbonyl (C=O) groups excluding carboxylic acids is 1. The van der Waals surface area contributed by atoms with Gasteiger partial charge in [0.25, 0.3) is 0 Å². The third-order valence-electron chi connectivity index (χ3n) is 3.32. The summed E-state index contributed by atoms with van der Waals surface area (Å²) < 4.78 is 1.97. The van der Waals surface area contributed by atoms with Crippen molar-refractivity contribution in [3.63, 3.8) is 0 Å². The second-order valence-corrected chi connectivity index (χ2v) is 4.67. The van der Waals surface area contributed by atoms with Gasteiger partial charge in [0.05, 0.1) is 12.2 Å². The summed E-state index contributed by atoms with van der Waals surface area (Å²) in [5.74, 6) is 0.148. The lowest BCUT2D eigenvalue weighted by Gasteiger charge is -2.27. The van der Waals surface area contributed by atoms with Gasteiger partial charge in [0.15, 0.2) is 0 Å². The maximum Gasteiger partial charge on any atom is 0.234 e. The van der Waals surface area contributed by atoms with Crippen LogP contribution in [0.25, 0.3) is 0 Å². The molecule has 1 aromatic heterocycles. The molecule has 0 bridgehead atoms. The van der Waals surface area contributed by atoms with E-state index in [-0.39, 0.29) is 11.9 Å². The van der Waals surface area contributed by atoms with E-state index in [0.29, 0.717) is 5.92 Å². The summed E-state index contributed by atoms with van der Waals surface area (Å²) in [5, 5.41) is 7.48. The largest absolute Gasteiger partial charge is 0.368 e. The Kier molecular flexibility index (Phi) is 3.78. The zero-order chi connectivity index (χ0) is 12.3. The lowest BCUT2D eigenvalue weighted by Crippen LogP contribution is -2.46. The SMILES string of the molecule is CCCn1cc(C2CCNC(C(N)=O)C2)cn1. The Labute approximate surface area is 101 Å². The monoisotopic (exact) mass is 236 g/mol. The molecule has 5 heteroatoms. The first-order chi connectivity index (χ1) is 8.20. The highest BCUT2D eigenvalue weighted by atomic mass is 16.1. The number of nitrogens with zero attached hydrogens (tertiary/aromatic N) is 2. The van der Waals surface area contributed by atoms with Gasteiger partial charge in [-0.1, -0.05) is 6.92 Å². The van der Waals surface area contributed by atoms with Gasteiger partial charge in [-0.25, -0.2) is 0 Å². The van der Waals surface area contributed by atoms with Gasteiger partial charge in [0.1, 0.15) is 0 Å². The zero-order valence-corrected chi connectivity index (χ0v) is 10.2. The summed E-state index contributed by atoms with van der Waals surface area (Å²) in [6.45, 7) is 3.93. The standard InChI is InChI=1S/C12H20N4O/c1-2-5-16-8-10(7-15-16)9-3-4-14-11(6-9)12(13)17/h7-9,11,14H,2-6H2,1H3,(H2,13,17). The van der Waals surface area contributed by atoms with Crippen molar-refractivity contribution in [3.8, 4) is 0 Å². The number of nitrogens with one attached hydrogen (secondary N) is 1. The van der Waals surface area contributed by atoms with E-state index in [1.54, 1.807) is 0 Å². The summed E-state index contributed by atoms with van der Waals surface area (Å²) >= 11 is 0. The quantitative estimate of drug-likeness (QED) is 0.804. The number of hydrogen-bond acceptors (Lipinski definition) is 3. The molecule has 0 spiro atoms. The van der Waals surface area contributed by atoms with Gasteiger partial charge in [-0.05, 0) is 37.3 Å². The molecule has 0 radical (unpaired) electrons. The number of carbonyl (C=O) groups is 1. The van der Waals surface area contributed by atoms with Gasteiger partial charge in [0.2, 0.25) is 5.91 Å². The highest BCUT2D eigenvalue weighted by Crippen LogP contribution is 2.27. The van der Waals surface area contributed by atoms with Gasteiger partial charge in [0, 0.05) is 12.7 Å². The number of amides is 1. The van der Waals surface area contributed by atoms with Crippen molar-refractivity contribution in [3.05, 3.63) is 18.0 Å². The minimum absolute atomic E-state index is 0.191. The fraction of sp³-hybridized carbons (Fsp3) is 0.667. The topological polar surface area (TPSA) is 72.9 Å². The Balaban J connectivity index is 2.02. The van der Waals surface area contributed by atoms with Crippen molar-refractivity contribution >= 4 is 5.91 Å². The highest BCUT2D eigenvalue weighted by Gasteiger charge is 2.26. The van der Waals surface area contributed by atoms with Gasteiger partial charge in [-0.15, -0.1) is 0 Å². The molecule has 0 aliphatic carbocycles. The molecule has 0 saturated carbocycles. The van der Waals surface area contributed by atoms with Crippen LogP contribution in [0.1, 0.15) is 37.7 Å². The van der Waals surface area contributed by atoms with Crippen LogP contribution in [0.15, 0.2) is 12.4 Å². The predicted molar refractivity (Wildman–Crippen MR) is 65.5 cm³/mol. The van der Waals surface area contributed by atoms with Crippen molar-refractivity contribution in [1.82, 2.24) is 15.1 Å². The van der Waals surface area contributed by atoms with E-state index in [4.69, 9.17) is 5.73 Å². The first kappa shape index (κ1) is 12.1. The first-order valence-electron chi connectivity index (χ1n) is 6.25. The predicted octanol–water partition coefficient (Wildman–Crippen LogP) is 0.614. The molecule has 1 fully saturated rings. The average molecular weight is 236 g/mol. The Bertz CT molecular complexity index is 388. The highest BCUT2D eigenvalue weighted by molar-refractivity contribution is 5.80. The fourth-order valence-electron chi connectivity index (χ4n) is 2.38. The molecule has 5 nitrogen and oxygen atoms in total. The Morgan fingerprint density at radius 1 is 1.71 bits per heavy atom. The number of primary amides is 1. The molecule has 1 aliphatic heterocycles. The second kappa shape index (κ2) is 5.31. The van der Waals surface area contributed by atoms with Gasteiger partial charge < -0.3 is 11.1 Å². The molecular weight excluding hydrogens is 216 g/mol. The number of rotatable bonds is 4. The second-order valence-electron chi connectivity index (χ2n) is 4.67. The zero-order valence-electron chi connectivity index (χ0n) is 10.2. The summed E-state index contributed by atoms with van der Waals surface area (Å²) in [6.07, 6.45) is 6.92. The number of hydrogen-bond donors (Lipinski definition) is 2. The van der Waals surface area contributed by atoms with Crippen LogP contribution in [0, 0.1) is 0 Å². The van der Waals surface area contributed by atoms with E-state index < -0.39 is 0 Å². The Morgan fingerprint density at radius 3 is 3.24 bits per heavy atom. The molecule has 1 saturated heterocycles. The van der Waals surface area contributed by atoms with Gasteiger partial charge in [-0.3, -0.25) is 9.48 Å². The maximum atomic E-state index is 11.2. The molecule has 0 aromatic carbocycles. The average Bonchev–Trinajstić information content (AvgIpc) is 2.78. The minimum Gasteiger partial charge on any atom is -0.368 e. The lowest BCUT2D eigenvalue weighted by atomic mass is 9.88. The Hall–Kier alpha value is -1.36. The van der Waals surface area contributed by atoms with Crippen LogP contribution in [0.5, 0.6) is 0 Å². The molecule has 1 amide bonds. The summed E-state index contributed by atoms with van der Waals surface area (Å²) in [7, 11) is 0. The third-order valence-corrected chi connectivity index (χ3v) is 3.32. The molecule has 94 valence electrons. The minimum atomic E-state index is -0.254. The van der Waals surface area contributed by atoms with Gasteiger partial charge >= 0.3 is 0 Å². The molecule has 2 heterocycles. The molecule has 1 aromatic rings. The number of piperidine rings is 1. The van der Waals surface area contributed by atoms with E-state index in [1.165, 1.54) is 5.56 Å². The molecular formula is C12H20N4O. The fourth-order valence-corrected chi connectivity index (χ4v) is 2.38. The molecule has 3 N–H and O–H groups in total. The van der Waals surface area contributed by atoms with E-state index in [2.05, 4.69) is 23.5 Å². The van der Waals surface area contributed by atoms with Gasteiger partial charge in [-0.2, -0.15) is 5.10 Å². The van der Waals surface area contributed by atoms with Crippen molar-refractivity contribution in [2.24, 2.45) is 5.73 Å². The van der Waals surface area contributed by atoms with Crippen LogP contribution in [0.4, 0.5) is 0 Å². The van der Waals surface area contributed by atoms with E-state index in [1.807, 2.05) is 10.9 Å². The number of aryl methyl sites for hydroxylation is 1. The number of aromatic nitrogens is 2. The maximum absolute atomic E-state index is 11.2.